The second-order valence-electron chi connectivity index (χ2n) is 6.72. The van der Waals surface area contributed by atoms with Gasteiger partial charge in [0.15, 0.2) is 17.1 Å². The summed E-state index contributed by atoms with van der Waals surface area (Å²) in [7, 11) is -5.01. The average Bonchev–Trinajstić information content (AvgIpc) is 2.72. The van der Waals surface area contributed by atoms with Crippen molar-refractivity contribution in [2.45, 2.75) is 12.5 Å². The molecular weight excluding hydrogens is 469 g/mol. The summed E-state index contributed by atoms with van der Waals surface area (Å²) in [6, 6.07) is 5.12. The topological polar surface area (TPSA) is 192 Å². The van der Waals surface area contributed by atoms with Gasteiger partial charge in [0, 0.05) is 11.8 Å². The van der Waals surface area contributed by atoms with Crippen LogP contribution in [-0.4, -0.2) is 27.9 Å². The number of phenols is 1. The summed E-state index contributed by atoms with van der Waals surface area (Å²) in [5, 5.41) is 11.1. The number of hydrogen-bond donors (Lipinski definition) is 4. The van der Waals surface area contributed by atoms with Crippen LogP contribution in [0, 0.1) is 11.6 Å². The van der Waals surface area contributed by atoms with Crippen molar-refractivity contribution in [3.63, 3.8) is 0 Å². The van der Waals surface area contributed by atoms with Gasteiger partial charge in [-0.1, -0.05) is 12.1 Å². The molecular formula is C19H14F2N2O9P-. The van der Waals surface area contributed by atoms with E-state index in [1.807, 2.05) is 0 Å². The largest absolute Gasteiger partial charge is 0.746 e. The van der Waals surface area contributed by atoms with Gasteiger partial charge in [-0.3, -0.25) is 14.2 Å². The molecule has 5 N–H and O–H groups in total. The lowest BCUT2D eigenvalue weighted by Crippen LogP contribution is -2.46. The molecule has 3 rings (SSSR count). The highest BCUT2D eigenvalue weighted by Crippen LogP contribution is 2.33. The molecule has 14 heteroatoms. The number of rotatable bonds is 7. The number of phosphoric ester groups is 1. The highest BCUT2D eigenvalue weighted by molar-refractivity contribution is 7.45. The number of carbonyl (C=O) groups is 2. The normalized spacial score (nSPS) is 13.8. The van der Waals surface area contributed by atoms with Gasteiger partial charge in [-0.15, -0.1) is 0 Å². The molecule has 1 aromatic heterocycles. The summed E-state index contributed by atoms with van der Waals surface area (Å²) in [4.78, 5) is 55.9. The molecule has 0 saturated carbocycles. The fourth-order valence-electron chi connectivity index (χ4n) is 2.85. The van der Waals surface area contributed by atoms with Gasteiger partial charge in [0.1, 0.15) is 17.4 Å². The zero-order valence-electron chi connectivity index (χ0n) is 16.3. The molecule has 3 aromatic rings. The maximum Gasteiger partial charge on any atom is 0.349 e. The Balaban J connectivity index is 1.83. The van der Waals surface area contributed by atoms with Gasteiger partial charge in [-0.25, -0.2) is 9.18 Å². The average molecular weight is 483 g/mol. The number of carbonyl (C=O) groups excluding carboxylic acids is 2. The molecule has 0 spiro atoms. The van der Waals surface area contributed by atoms with Gasteiger partial charge >= 0.3 is 13.4 Å². The third-order valence-electron chi connectivity index (χ3n) is 4.37. The van der Waals surface area contributed by atoms with E-state index in [4.69, 9.17) is 10.6 Å². The van der Waals surface area contributed by atoms with E-state index in [-0.39, 0.29) is 17.6 Å². The Morgan fingerprint density at radius 3 is 2.45 bits per heavy atom. The first-order valence-electron chi connectivity index (χ1n) is 8.93. The van der Waals surface area contributed by atoms with E-state index >= 15 is 0 Å². The minimum absolute atomic E-state index is 0.189. The van der Waals surface area contributed by atoms with Crippen LogP contribution in [0.2, 0.25) is 0 Å². The number of fused-ring (bicyclic) bond motifs is 1. The van der Waals surface area contributed by atoms with Crippen LogP contribution < -0.4 is 26.1 Å². The van der Waals surface area contributed by atoms with Crippen LogP contribution in [0.3, 0.4) is 0 Å². The molecule has 2 unspecified atom stereocenters. The van der Waals surface area contributed by atoms with Crippen molar-refractivity contribution in [1.29, 1.82) is 0 Å². The van der Waals surface area contributed by atoms with Crippen molar-refractivity contribution < 1.29 is 46.8 Å². The van der Waals surface area contributed by atoms with Gasteiger partial charge in [-0.05, 0) is 29.8 Å². The summed E-state index contributed by atoms with van der Waals surface area (Å²) in [5.74, 6) is -6.56. The lowest BCUT2D eigenvalue weighted by Gasteiger charge is -2.18. The predicted octanol–water partition coefficient (Wildman–Crippen LogP) is 0.443. The van der Waals surface area contributed by atoms with Gasteiger partial charge in [-0.2, -0.15) is 4.39 Å². The number of halogens is 2. The number of phenolic OH excluding ortho intramolecular Hbond substituents is 1. The van der Waals surface area contributed by atoms with E-state index in [1.54, 1.807) is 0 Å². The molecule has 0 radical (unpaired) electrons. The van der Waals surface area contributed by atoms with E-state index in [1.165, 1.54) is 24.3 Å². The summed E-state index contributed by atoms with van der Waals surface area (Å²) >= 11 is 0. The molecule has 2 aromatic carbocycles. The summed E-state index contributed by atoms with van der Waals surface area (Å²) < 4.78 is 47.2. The fourth-order valence-corrected chi connectivity index (χ4v) is 3.24. The van der Waals surface area contributed by atoms with E-state index in [0.29, 0.717) is 11.6 Å². The lowest BCUT2D eigenvalue weighted by molar-refractivity contribution is -0.211. The number of nitrogens with one attached hydrogen (secondary N) is 1. The van der Waals surface area contributed by atoms with Gasteiger partial charge in [0.25, 0.3) is 5.91 Å². The van der Waals surface area contributed by atoms with E-state index < -0.39 is 59.8 Å². The van der Waals surface area contributed by atoms with Gasteiger partial charge in [0.2, 0.25) is 11.7 Å². The Labute approximate surface area is 182 Å². The Kier molecular flexibility index (Phi) is 6.49. The molecule has 0 saturated heterocycles. The number of primary amides is 1. The minimum Gasteiger partial charge on any atom is -0.746 e. The van der Waals surface area contributed by atoms with Gasteiger partial charge in [0.05, 0.1) is 0 Å². The first-order valence-corrected chi connectivity index (χ1v) is 10.4. The molecule has 2 atom stereocenters. The van der Waals surface area contributed by atoms with Crippen LogP contribution >= 0.6 is 7.82 Å². The molecule has 33 heavy (non-hydrogen) atoms. The molecule has 2 amide bonds. The van der Waals surface area contributed by atoms with Gasteiger partial charge < -0.3 is 34.9 Å². The van der Waals surface area contributed by atoms with Crippen LogP contribution in [0.5, 0.6) is 11.5 Å². The predicted molar refractivity (Wildman–Crippen MR) is 105 cm³/mol. The number of nitrogens with two attached hydrogens (primary N) is 1. The van der Waals surface area contributed by atoms with Crippen molar-refractivity contribution >= 4 is 30.6 Å². The van der Waals surface area contributed by atoms with E-state index in [9.17, 15) is 37.7 Å². The third-order valence-corrected chi connectivity index (χ3v) is 4.81. The number of aromatic hydroxyl groups is 1. The molecule has 0 aliphatic heterocycles. The molecule has 11 nitrogen and oxygen atoms in total. The Bertz CT molecular complexity index is 1350. The maximum absolute atomic E-state index is 13.9. The summed E-state index contributed by atoms with van der Waals surface area (Å²) in [6.45, 7) is 0. The second kappa shape index (κ2) is 8.98. The zero-order chi connectivity index (χ0) is 24.5. The smallest absolute Gasteiger partial charge is 0.349 e. The molecule has 0 aliphatic carbocycles. The molecule has 174 valence electrons. The van der Waals surface area contributed by atoms with Crippen LogP contribution in [-0.2, 0) is 15.8 Å². The van der Waals surface area contributed by atoms with Crippen molar-refractivity contribution in [3.8, 4) is 11.5 Å². The van der Waals surface area contributed by atoms with Crippen LogP contribution in [0.4, 0.5) is 8.78 Å². The standard InChI is InChI=1S/C19H15F2N2O9P/c20-12-7-9-6-11(19(27)31-16(9)14(21)15(12)24)18(26)23-13(17(22)25)5-8-1-3-10(4-2-8)32-33(28,29)30/h1-4,6-7,13,24H,5H2,(H2,22,25)(H,23,26)(H2,28,29,30)/p-1. The molecule has 0 bridgehead atoms. The van der Waals surface area contributed by atoms with Crippen molar-refractivity contribution in [2.75, 3.05) is 0 Å². The number of phosphoric acid groups is 1. The first kappa shape index (κ1) is 23.9. The summed E-state index contributed by atoms with van der Waals surface area (Å²) in [6.07, 6.45) is -0.189. The molecule has 1 heterocycles. The van der Waals surface area contributed by atoms with Crippen LogP contribution in [0.1, 0.15) is 15.9 Å². The first-order chi connectivity index (χ1) is 15.4. The highest BCUT2D eigenvalue weighted by atomic mass is 31.2. The third kappa shape index (κ3) is 5.52. The SMILES string of the molecule is NC(=O)C(Cc1ccc(OP(=O)([O-])O)cc1)NC(=O)c1cc2cc(F)c(O)c(F)c2oc1=O. The van der Waals surface area contributed by atoms with Crippen molar-refractivity contribution in [2.24, 2.45) is 5.73 Å². The Morgan fingerprint density at radius 1 is 1.24 bits per heavy atom. The summed E-state index contributed by atoms with van der Waals surface area (Å²) in [5.41, 5.74) is 2.90. The maximum atomic E-state index is 13.9. The number of hydrogen-bond acceptors (Lipinski definition) is 8. The lowest BCUT2D eigenvalue weighted by atomic mass is 10.0. The monoisotopic (exact) mass is 483 g/mol. The Hall–Kier alpha value is -3.80. The Morgan fingerprint density at radius 2 is 1.88 bits per heavy atom. The highest BCUT2D eigenvalue weighted by Gasteiger charge is 2.24. The number of benzene rings is 2. The minimum atomic E-state index is -5.01. The van der Waals surface area contributed by atoms with Crippen molar-refractivity contribution in [3.05, 3.63) is 69.6 Å². The van der Waals surface area contributed by atoms with E-state index in [2.05, 4.69) is 14.3 Å². The van der Waals surface area contributed by atoms with Crippen molar-refractivity contribution in [1.82, 2.24) is 5.32 Å². The van der Waals surface area contributed by atoms with Crippen LogP contribution in [0.15, 0.2) is 45.6 Å². The number of amides is 2. The van der Waals surface area contributed by atoms with Crippen LogP contribution in [0.25, 0.3) is 11.0 Å². The zero-order valence-corrected chi connectivity index (χ0v) is 17.2. The quantitative estimate of drug-likeness (QED) is 0.273. The van der Waals surface area contributed by atoms with E-state index in [0.717, 1.165) is 6.07 Å². The fraction of sp³-hybridized carbons (Fsp3) is 0.105. The molecule has 0 aliphatic rings. The second-order valence-corrected chi connectivity index (χ2v) is 7.84. The molecule has 0 fully saturated rings.